The van der Waals surface area contributed by atoms with Crippen molar-refractivity contribution in [3.63, 3.8) is 0 Å². The third-order valence-electron chi connectivity index (χ3n) is 3.80. The number of nitrogens with one attached hydrogen (secondary N) is 1. The lowest BCUT2D eigenvalue weighted by molar-refractivity contribution is -0.154. The van der Waals surface area contributed by atoms with E-state index in [1.54, 1.807) is 18.0 Å². The Balaban J connectivity index is 2.03. The summed E-state index contributed by atoms with van der Waals surface area (Å²) in [6.07, 6.45) is 1.70. The van der Waals surface area contributed by atoms with Gasteiger partial charge in [-0.05, 0) is 12.5 Å². The average molecular weight is 301 g/mol. The number of piperazine rings is 1. The lowest BCUT2D eigenvalue weighted by atomic mass is 9.87. The minimum atomic E-state index is -1.01. The van der Waals surface area contributed by atoms with Crippen molar-refractivity contribution in [3.8, 4) is 0 Å². The summed E-state index contributed by atoms with van der Waals surface area (Å²) < 4.78 is 0. The number of hydrogen-bond donors (Lipinski definition) is 1. The second-order valence-corrected chi connectivity index (χ2v) is 6.01. The Labute approximate surface area is 126 Å². The maximum Gasteiger partial charge on any atom is 0.250 e. The first-order chi connectivity index (χ1) is 10.1. The zero-order chi connectivity index (χ0) is 14.9. The van der Waals surface area contributed by atoms with Crippen molar-refractivity contribution in [2.24, 2.45) is 0 Å². The molecule has 2 heterocycles. The maximum absolute atomic E-state index is 12.5. The molecule has 6 heteroatoms. The smallest absolute Gasteiger partial charge is 0.250 e. The number of carbonyl (C=O) groups excluding carboxylic acids is 2. The molecule has 0 spiro atoms. The van der Waals surface area contributed by atoms with Crippen LogP contribution >= 0.6 is 11.3 Å². The summed E-state index contributed by atoms with van der Waals surface area (Å²) in [6.45, 7) is 2.16. The molecule has 0 saturated carbocycles. The molecule has 1 aliphatic rings. The Hall–Kier alpha value is -2.21. The third kappa shape index (κ3) is 2.31. The van der Waals surface area contributed by atoms with E-state index in [-0.39, 0.29) is 18.4 Å². The van der Waals surface area contributed by atoms with Gasteiger partial charge in [0.05, 0.1) is 13.1 Å². The van der Waals surface area contributed by atoms with Gasteiger partial charge in [-0.15, -0.1) is 11.3 Å². The van der Waals surface area contributed by atoms with Crippen LogP contribution in [0.15, 0.2) is 41.9 Å². The predicted octanol–water partition coefficient (Wildman–Crippen LogP) is 1.52. The second kappa shape index (κ2) is 5.29. The summed E-state index contributed by atoms with van der Waals surface area (Å²) >= 11 is 1.48. The van der Waals surface area contributed by atoms with Gasteiger partial charge in [0.1, 0.15) is 10.5 Å². The first-order valence-electron chi connectivity index (χ1n) is 6.65. The predicted molar refractivity (Wildman–Crippen MR) is 79.5 cm³/mol. The molecule has 1 fully saturated rings. The Bertz CT molecular complexity index is 657. The number of rotatable bonds is 3. The van der Waals surface area contributed by atoms with Gasteiger partial charge in [0.2, 0.25) is 5.91 Å². The van der Waals surface area contributed by atoms with Crippen LogP contribution in [0.4, 0.5) is 0 Å². The fourth-order valence-electron chi connectivity index (χ4n) is 2.56. The van der Waals surface area contributed by atoms with Crippen molar-refractivity contribution in [2.45, 2.75) is 19.0 Å². The van der Waals surface area contributed by atoms with Crippen LogP contribution in [-0.2, 0) is 21.7 Å². The number of hydrogen-bond acceptors (Lipinski definition) is 4. The lowest BCUT2D eigenvalue weighted by Gasteiger charge is -2.43. The van der Waals surface area contributed by atoms with Crippen molar-refractivity contribution in [1.82, 2.24) is 15.2 Å². The van der Waals surface area contributed by atoms with Crippen LogP contribution in [0, 0.1) is 0 Å². The number of nitrogens with zero attached hydrogens (tertiary/aromatic N) is 2. The van der Waals surface area contributed by atoms with Gasteiger partial charge in [-0.25, -0.2) is 4.98 Å². The monoisotopic (exact) mass is 301 g/mol. The number of carbonyl (C=O) groups is 2. The normalized spacial score (nSPS) is 22.2. The summed E-state index contributed by atoms with van der Waals surface area (Å²) in [5.41, 5.74) is -0.213. The summed E-state index contributed by atoms with van der Waals surface area (Å²) in [6, 6.07) is 9.36. The van der Waals surface area contributed by atoms with Gasteiger partial charge in [-0.1, -0.05) is 30.3 Å². The fourth-order valence-corrected chi connectivity index (χ4v) is 3.16. The van der Waals surface area contributed by atoms with Crippen LogP contribution in [0.2, 0.25) is 0 Å². The average Bonchev–Trinajstić information content (AvgIpc) is 3.02. The van der Waals surface area contributed by atoms with E-state index >= 15 is 0 Å². The van der Waals surface area contributed by atoms with Gasteiger partial charge in [0.15, 0.2) is 0 Å². The number of aromatic nitrogens is 1. The highest BCUT2D eigenvalue weighted by molar-refractivity contribution is 7.09. The minimum Gasteiger partial charge on any atom is -0.345 e. The van der Waals surface area contributed by atoms with E-state index in [4.69, 9.17) is 0 Å². The molecule has 3 rings (SSSR count). The van der Waals surface area contributed by atoms with Crippen LogP contribution in [0.1, 0.15) is 17.5 Å². The molecule has 1 atom stereocenters. The topological polar surface area (TPSA) is 62.3 Å². The third-order valence-corrected chi connectivity index (χ3v) is 4.56. The quantitative estimate of drug-likeness (QED) is 0.935. The lowest BCUT2D eigenvalue weighted by Crippen LogP contribution is -2.63. The Morgan fingerprint density at radius 2 is 2.10 bits per heavy atom. The molecule has 1 aromatic heterocycles. The van der Waals surface area contributed by atoms with Gasteiger partial charge in [-0.2, -0.15) is 0 Å². The van der Waals surface area contributed by atoms with Crippen molar-refractivity contribution < 1.29 is 9.59 Å². The summed E-state index contributed by atoms with van der Waals surface area (Å²) in [5.74, 6) is -0.263. The van der Waals surface area contributed by atoms with Crippen LogP contribution in [0.5, 0.6) is 0 Å². The van der Waals surface area contributed by atoms with Crippen LogP contribution in [-0.4, -0.2) is 28.2 Å². The standard InChI is InChI=1S/C15H15N3O2S/c1-15(11-5-3-2-4-6-11)14(20)17-9-13(19)18(15)10-12-16-7-8-21-12/h2-8H,9-10H2,1H3,(H,17,20). The summed E-state index contributed by atoms with van der Waals surface area (Å²) in [7, 11) is 0. The van der Waals surface area contributed by atoms with E-state index in [9.17, 15) is 9.59 Å². The Morgan fingerprint density at radius 1 is 1.33 bits per heavy atom. The number of amides is 2. The highest BCUT2D eigenvalue weighted by Gasteiger charge is 2.47. The summed E-state index contributed by atoms with van der Waals surface area (Å²) in [5, 5.41) is 5.37. The first kappa shape index (κ1) is 13.8. The van der Waals surface area contributed by atoms with Gasteiger partial charge in [0, 0.05) is 11.6 Å². The molecule has 0 bridgehead atoms. The van der Waals surface area contributed by atoms with Crippen LogP contribution in [0.3, 0.4) is 0 Å². The first-order valence-corrected chi connectivity index (χ1v) is 7.53. The van der Waals surface area contributed by atoms with Crippen molar-refractivity contribution in [1.29, 1.82) is 0 Å². The SMILES string of the molecule is CC1(c2ccccc2)C(=O)NCC(=O)N1Cc1nccs1. The van der Waals surface area contributed by atoms with Gasteiger partial charge in [0.25, 0.3) is 5.91 Å². The molecule has 1 aliphatic heterocycles. The van der Waals surface area contributed by atoms with Gasteiger partial charge < -0.3 is 10.2 Å². The van der Waals surface area contributed by atoms with E-state index in [0.717, 1.165) is 10.6 Å². The van der Waals surface area contributed by atoms with E-state index in [0.29, 0.717) is 6.54 Å². The van der Waals surface area contributed by atoms with Crippen LogP contribution in [0.25, 0.3) is 0 Å². The zero-order valence-electron chi connectivity index (χ0n) is 11.6. The van der Waals surface area contributed by atoms with Crippen LogP contribution < -0.4 is 5.32 Å². The summed E-state index contributed by atoms with van der Waals surface area (Å²) in [4.78, 5) is 30.7. The molecule has 1 N–H and O–H groups in total. The Kier molecular flexibility index (Phi) is 3.47. The fraction of sp³-hybridized carbons (Fsp3) is 0.267. The maximum atomic E-state index is 12.5. The second-order valence-electron chi connectivity index (χ2n) is 5.03. The number of thiazole rings is 1. The van der Waals surface area contributed by atoms with E-state index < -0.39 is 5.54 Å². The van der Waals surface area contributed by atoms with E-state index in [1.165, 1.54) is 11.3 Å². The molecule has 1 unspecified atom stereocenters. The molecule has 1 saturated heterocycles. The molecule has 2 aromatic rings. The highest BCUT2D eigenvalue weighted by Crippen LogP contribution is 2.32. The largest absolute Gasteiger partial charge is 0.345 e. The van der Waals surface area contributed by atoms with Crippen molar-refractivity contribution in [2.75, 3.05) is 6.54 Å². The van der Waals surface area contributed by atoms with Crippen molar-refractivity contribution >= 4 is 23.2 Å². The molecule has 2 amide bonds. The molecular formula is C15H15N3O2S. The molecule has 5 nitrogen and oxygen atoms in total. The molecule has 108 valence electrons. The highest BCUT2D eigenvalue weighted by atomic mass is 32.1. The molecule has 1 aromatic carbocycles. The zero-order valence-corrected chi connectivity index (χ0v) is 12.4. The van der Waals surface area contributed by atoms with Gasteiger partial charge >= 0.3 is 0 Å². The molecule has 0 radical (unpaired) electrons. The minimum absolute atomic E-state index is 0.0344. The van der Waals surface area contributed by atoms with E-state index in [2.05, 4.69) is 10.3 Å². The number of benzene rings is 1. The molecule has 0 aliphatic carbocycles. The molecule has 21 heavy (non-hydrogen) atoms. The molecular weight excluding hydrogens is 286 g/mol. The van der Waals surface area contributed by atoms with Gasteiger partial charge in [-0.3, -0.25) is 9.59 Å². The van der Waals surface area contributed by atoms with Crippen molar-refractivity contribution in [3.05, 3.63) is 52.5 Å². The van der Waals surface area contributed by atoms with E-state index in [1.807, 2.05) is 35.7 Å². The Morgan fingerprint density at radius 3 is 2.76 bits per heavy atom.